The van der Waals surface area contributed by atoms with Crippen molar-refractivity contribution in [2.24, 2.45) is 0 Å². The average molecular weight is 307 g/mol. The van der Waals surface area contributed by atoms with E-state index in [1.165, 1.54) is 0 Å². The van der Waals surface area contributed by atoms with Crippen molar-refractivity contribution >= 4 is 11.6 Å². The van der Waals surface area contributed by atoms with E-state index in [-0.39, 0.29) is 0 Å². The lowest BCUT2D eigenvalue weighted by atomic mass is 10.2. The smallest absolute Gasteiger partial charge is 0.293 e. The summed E-state index contributed by atoms with van der Waals surface area (Å²) < 4.78 is 10.3. The van der Waals surface area contributed by atoms with Gasteiger partial charge in [-0.25, -0.2) is 0 Å². The maximum absolute atomic E-state index is 5.81. The van der Waals surface area contributed by atoms with Gasteiger partial charge in [-0.15, -0.1) is 0 Å². The Morgan fingerprint density at radius 3 is 2.19 bits per heavy atom. The molecule has 0 unspecified atom stereocenters. The highest BCUT2D eigenvalue weighted by Gasteiger charge is 2.12. The molecule has 0 saturated carbocycles. The molecule has 0 saturated heterocycles. The van der Waals surface area contributed by atoms with Gasteiger partial charge in [0.2, 0.25) is 5.82 Å². The van der Waals surface area contributed by atoms with Crippen LogP contribution >= 0.6 is 11.6 Å². The fourth-order valence-electron chi connectivity index (χ4n) is 1.44. The van der Waals surface area contributed by atoms with Crippen molar-refractivity contribution in [2.75, 3.05) is 0 Å². The molecule has 3 rings (SSSR count). The van der Waals surface area contributed by atoms with Gasteiger partial charge in [0.25, 0.3) is 5.89 Å². The molecule has 0 fully saturated rings. The predicted octanol–water partition coefficient (Wildman–Crippen LogP) is 5.70. The van der Waals surface area contributed by atoms with Gasteiger partial charge in [0.15, 0.2) is 5.76 Å². The highest BCUT2D eigenvalue weighted by atomic mass is 35.5. The molecule has 5 heteroatoms. The average Bonchev–Trinajstić information content (AvgIpc) is 3.23. The zero-order valence-corrected chi connectivity index (χ0v) is 13.4. The minimum Gasteiger partial charge on any atom is -0.459 e. The monoisotopic (exact) mass is 306 g/mol. The summed E-state index contributed by atoms with van der Waals surface area (Å²) in [5, 5.41) is 4.55. The van der Waals surface area contributed by atoms with Crippen LogP contribution in [0.25, 0.3) is 23.0 Å². The van der Waals surface area contributed by atoms with Crippen LogP contribution in [0.5, 0.6) is 0 Å². The largest absolute Gasteiger partial charge is 0.459 e. The Bertz CT molecular complexity index is 616. The number of hydrogen-bond acceptors (Lipinski definition) is 4. The van der Waals surface area contributed by atoms with Crippen LogP contribution in [0.4, 0.5) is 0 Å². The molecule has 4 nitrogen and oxygen atoms in total. The number of benzene rings is 1. The van der Waals surface area contributed by atoms with Gasteiger partial charge >= 0.3 is 0 Å². The number of halogens is 1. The standard InChI is InChI=1S/C12H7ClN2O2.2C2H6/c13-9-5-3-8(4-6-9)11-14-12(17-15-11)10-2-1-7-16-10;2*1-2/h1-7H;2*1-2H3. The van der Waals surface area contributed by atoms with E-state index in [4.69, 9.17) is 20.5 Å². The lowest BCUT2D eigenvalue weighted by Gasteiger charge is -1.92. The van der Waals surface area contributed by atoms with E-state index in [2.05, 4.69) is 10.1 Å². The molecule has 0 aliphatic carbocycles. The van der Waals surface area contributed by atoms with E-state index in [9.17, 15) is 0 Å². The van der Waals surface area contributed by atoms with Crippen molar-refractivity contribution < 1.29 is 8.94 Å². The SMILES string of the molecule is CC.CC.Clc1ccc(-c2noc(-c3ccco3)n2)cc1. The van der Waals surface area contributed by atoms with Gasteiger partial charge in [0.1, 0.15) is 0 Å². The summed E-state index contributed by atoms with van der Waals surface area (Å²) in [5.41, 5.74) is 0.843. The van der Waals surface area contributed by atoms with Crippen molar-refractivity contribution in [3.05, 3.63) is 47.7 Å². The maximum atomic E-state index is 5.81. The molecule has 2 heterocycles. The van der Waals surface area contributed by atoms with Gasteiger partial charge in [-0.2, -0.15) is 4.98 Å². The fraction of sp³-hybridized carbons (Fsp3) is 0.250. The molecule has 0 N–H and O–H groups in total. The van der Waals surface area contributed by atoms with Gasteiger partial charge < -0.3 is 8.94 Å². The van der Waals surface area contributed by atoms with Gasteiger partial charge in [-0.1, -0.05) is 44.5 Å². The van der Waals surface area contributed by atoms with Gasteiger partial charge in [0.05, 0.1) is 6.26 Å². The van der Waals surface area contributed by atoms with E-state index in [1.807, 2.05) is 39.8 Å². The zero-order chi connectivity index (χ0) is 15.7. The molecule has 0 bridgehead atoms. The van der Waals surface area contributed by atoms with Crippen LogP contribution in [0.1, 0.15) is 27.7 Å². The molecule has 0 aliphatic rings. The number of aromatic nitrogens is 2. The molecule has 2 aromatic heterocycles. The highest BCUT2D eigenvalue weighted by Crippen LogP contribution is 2.23. The molecular weight excluding hydrogens is 288 g/mol. The molecule has 0 spiro atoms. The molecular formula is C16H19ClN2O2. The third-order valence-corrected chi connectivity index (χ3v) is 2.51. The topological polar surface area (TPSA) is 52.1 Å². The van der Waals surface area contributed by atoms with Crippen molar-refractivity contribution in [3.8, 4) is 23.0 Å². The molecule has 3 aromatic rings. The predicted molar refractivity (Wildman–Crippen MR) is 85.1 cm³/mol. The summed E-state index contributed by atoms with van der Waals surface area (Å²) in [6, 6.07) is 10.7. The van der Waals surface area contributed by atoms with Crippen LogP contribution in [0.3, 0.4) is 0 Å². The summed E-state index contributed by atoms with van der Waals surface area (Å²) in [7, 11) is 0. The van der Waals surface area contributed by atoms with Crippen LogP contribution < -0.4 is 0 Å². The Morgan fingerprint density at radius 2 is 1.62 bits per heavy atom. The first-order valence-electron chi connectivity index (χ1n) is 6.96. The first-order chi connectivity index (χ1) is 10.3. The van der Waals surface area contributed by atoms with Gasteiger partial charge in [-0.3, -0.25) is 0 Å². The van der Waals surface area contributed by atoms with Crippen molar-refractivity contribution in [3.63, 3.8) is 0 Å². The molecule has 112 valence electrons. The summed E-state index contributed by atoms with van der Waals surface area (Å²) in [4.78, 5) is 4.24. The van der Waals surface area contributed by atoms with E-state index in [0.29, 0.717) is 22.5 Å². The third kappa shape index (κ3) is 4.46. The molecule has 0 radical (unpaired) electrons. The first kappa shape index (κ1) is 17.0. The Kier molecular flexibility index (Phi) is 7.26. The van der Waals surface area contributed by atoms with E-state index in [0.717, 1.165) is 5.56 Å². The molecule has 0 atom stereocenters. The lowest BCUT2D eigenvalue weighted by Crippen LogP contribution is -1.79. The van der Waals surface area contributed by atoms with Crippen molar-refractivity contribution in [1.82, 2.24) is 10.1 Å². The fourth-order valence-corrected chi connectivity index (χ4v) is 1.57. The number of hydrogen-bond donors (Lipinski definition) is 0. The second-order valence-corrected chi connectivity index (χ2v) is 3.84. The van der Waals surface area contributed by atoms with E-state index < -0.39 is 0 Å². The first-order valence-corrected chi connectivity index (χ1v) is 7.34. The summed E-state index contributed by atoms with van der Waals surface area (Å²) in [6.45, 7) is 8.00. The highest BCUT2D eigenvalue weighted by molar-refractivity contribution is 6.30. The van der Waals surface area contributed by atoms with E-state index in [1.54, 1.807) is 30.5 Å². The second-order valence-electron chi connectivity index (χ2n) is 3.41. The van der Waals surface area contributed by atoms with Crippen LogP contribution in [0.15, 0.2) is 51.6 Å². The van der Waals surface area contributed by atoms with Crippen LogP contribution in [-0.4, -0.2) is 10.1 Å². The van der Waals surface area contributed by atoms with Crippen LogP contribution in [0.2, 0.25) is 5.02 Å². The maximum Gasteiger partial charge on any atom is 0.293 e. The molecule has 0 aliphatic heterocycles. The van der Waals surface area contributed by atoms with Gasteiger partial charge in [0, 0.05) is 10.6 Å². The summed E-state index contributed by atoms with van der Waals surface area (Å²) in [5.74, 6) is 1.42. The lowest BCUT2D eigenvalue weighted by molar-refractivity contribution is 0.417. The second kappa shape index (κ2) is 8.97. The van der Waals surface area contributed by atoms with Gasteiger partial charge in [-0.05, 0) is 36.4 Å². The normalized spacial score (nSPS) is 9.19. The molecule has 21 heavy (non-hydrogen) atoms. The third-order valence-electron chi connectivity index (χ3n) is 2.26. The Hall–Kier alpha value is -2.07. The Morgan fingerprint density at radius 1 is 0.952 bits per heavy atom. The minimum atomic E-state index is 0.361. The van der Waals surface area contributed by atoms with E-state index >= 15 is 0 Å². The number of rotatable bonds is 2. The number of nitrogens with zero attached hydrogens (tertiary/aromatic N) is 2. The molecule has 1 aromatic carbocycles. The van der Waals surface area contributed by atoms with Crippen molar-refractivity contribution in [2.45, 2.75) is 27.7 Å². The zero-order valence-electron chi connectivity index (χ0n) is 12.6. The summed E-state index contributed by atoms with van der Waals surface area (Å²) in [6.07, 6.45) is 1.56. The van der Waals surface area contributed by atoms with Crippen LogP contribution in [-0.2, 0) is 0 Å². The Labute approximate surface area is 129 Å². The quantitative estimate of drug-likeness (QED) is 0.609. The Balaban J connectivity index is 0.000000510. The van der Waals surface area contributed by atoms with Crippen molar-refractivity contribution in [1.29, 1.82) is 0 Å². The van der Waals surface area contributed by atoms with Crippen LogP contribution in [0, 0.1) is 0 Å². The number of furan rings is 1. The molecule has 0 amide bonds. The summed E-state index contributed by atoms with van der Waals surface area (Å²) >= 11 is 5.81. The minimum absolute atomic E-state index is 0.361.